The summed E-state index contributed by atoms with van der Waals surface area (Å²) in [4.78, 5) is 58.7. The molecule has 0 N–H and O–H groups in total. The van der Waals surface area contributed by atoms with Crippen molar-refractivity contribution in [2.24, 2.45) is 0 Å². The Bertz CT molecular complexity index is 872. The molecule has 11 nitrogen and oxygen atoms in total. The summed E-state index contributed by atoms with van der Waals surface area (Å²) >= 11 is 0. The van der Waals surface area contributed by atoms with Crippen LogP contribution in [0.3, 0.4) is 0 Å². The van der Waals surface area contributed by atoms with Crippen LogP contribution in [0.15, 0.2) is 12.2 Å². The van der Waals surface area contributed by atoms with Crippen LogP contribution >= 0.6 is 7.82 Å². The number of ketones is 1. The third-order valence-corrected chi connectivity index (χ3v) is 7.77. The number of phosphoric ester groups is 1. The maximum absolute atomic E-state index is 12.3. The summed E-state index contributed by atoms with van der Waals surface area (Å²) in [6.07, 6.45) is 17.3. The van der Waals surface area contributed by atoms with E-state index in [0.717, 1.165) is 31.4 Å². The van der Waals surface area contributed by atoms with Crippen molar-refractivity contribution in [1.29, 1.82) is 0 Å². The molecular weight excluding hydrogens is 589 g/mol. The number of hydrogen-bond acceptors (Lipinski definition) is 10. The van der Waals surface area contributed by atoms with E-state index in [1.54, 1.807) is 0 Å². The lowest BCUT2D eigenvalue weighted by molar-refractivity contribution is -0.870. The molecule has 0 bridgehead atoms. The van der Waals surface area contributed by atoms with Gasteiger partial charge in [-0.1, -0.05) is 84.0 Å². The summed E-state index contributed by atoms with van der Waals surface area (Å²) in [6, 6.07) is 0. The van der Waals surface area contributed by atoms with Gasteiger partial charge in [0.05, 0.1) is 27.7 Å². The molecule has 0 heterocycles. The molecule has 256 valence electrons. The van der Waals surface area contributed by atoms with Crippen LogP contribution in [0.2, 0.25) is 0 Å². The maximum atomic E-state index is 12.3. The summed E-state index contributed by atoms with van der Waals surface area (Å²) in [5.41, 5.74) is 0. The molecule has 0 aromatic carbocycles. The molecule has 12 heteroatoms. The van der Waals surface area contributed by atoms with Crippen molar-refractivity contribution >= 4 is 31.8 Å². The van der Waals surface area contributed by atoms with Crippen molar-refractivity contribution < 1.29 is 51.6 Å². The van der Waals surface area contributed by atoms with Gasteiger partial charge >= 0.3 is 11.9 Å². The zero-order valence-electron chi connectivity index (χ0n) is 27.6. The fourth-order valence-electron chi connectivity index (χ4n) is 4.18. The van der Waals surface area contributed by atoms with Crippen LogP contribution in [0.25, 0.3) is 0 Å². The average Bonchev–Trinajstić information content (AvgIpc) is 2.95. The zero-order chi connectivity index (χ0) is 33.1. The Morgan fingerprint density at radius 1 is 0.750 bits per heavy atom. The lowest BCUT2D eigenvalue weighted by Gasteiger charge is -2.28. The van der Waals surface area contributed by atoms with E-state index in [1.165, 1.54) is 57.8 Å². The second-order valence-corrected chi connectivity index (χ2v) is 13.6. The number of allylic oxidation sites excluding steroid dienone is 2. The first kappa shape index (κ1) is 42.1. The van der Waals surface area contributed by atoms with Crippen molar-refractivity contribution in [1.82, 2.24) is 0 Å². The van der Waals surface area contributed by atoms with Crippen LogP contribution in [-0.4, -0.2) is 82.1 Å². The highest BCUT2D eigenvalue weighted by atomic mass is 31.2. The number of esters is 2. The lowest BCUT2D eigenvalue weighted by Crippen LogP contribution is -2.37. The first-order chi connectivity index (χ1) is 20.9. The second-order valence-electron chi connectivity index (χ2n) is 12.2. The van der Waals surface area contributed by atoms with E-state index in [2.05, 4.69) is 6.92 Å². The molecule has 0 saturated heterocycles. The van der Waals surface area contributed by atoms with Gasteiger partial charge in [-0.05, 0) is 25.0 Å². The molecule has 0 aliphatic rings. The molecule has 0 rings (SSSR count). The number of carbonyl (C=O) groups is 4. The van der Waals surface area contributed by atoms with E-state index in [1.807, 2.05) is 21.1 Å². The minimum Gasteiger partial charge on any atom is -0.756 e. The smallest absolute Gasteiger partial charge is 0.306 e. The molecule has 0 saturated carbocycles. The molecule has 0 radical (unpaired) electrons. The number of rotatable bonds is 30. The minimum absolute atomic E-state index is 0.0323. The standard InChI is InChI=1S/C32H58NO10P/c1-5-6-7-8-9-10-11-12-13-14-15-16-17-22-31(36)40-27-30(28-42-44(38,39)41-26-24-33(2,3)4)43-32(37)23-18-20-29(35)21-19-25-34/h19,21,25,30H,5-18,20,22-24,26-28H2,1-4H3/b21-19+/t30-/m1/s1. The molecule has 2 atom stereocenters. The minimum atomic E-state index is -4.68. The topological polar surface area (TPSA) is 145 Å². The van der Waals surface area contributed by atoms with Crippen molar-refractivity contribution in [3.05, 3.63) is 12.2 Å². The van der Waals surface area contributed by atoms with Crippen molar-refractivity contribution in [2.45, 2.75) is 122 Å². The quantitative estimate of drug-likeness (QED) is 0.0240. The number of ether oxygens (including phenoxy) is 2. The highest BCUT2D eigenvalue weighted by Gasteiger charge is 2.21. The molecule has 0 aliphatic carbocycles. The lowest BCUT2D eigenvalue weighted by atomic mass is 10.0. The Hall–Kier alpha value is -1.91. The molecule has 1 unspecified atom stereocenters. The number of unbranched alkanes of at least 4 members (excludes halogenated alkanes) is 12. The molecule has 0 aliphatic heterocycles. The molecule has 0 fully saturated rings. The summed E-state index contributed by atoms with van der Waals surface area (Å²) in [6.45, 7) is 1.61. The van der Waals surface area contributed by atoms with Gasteiger partial charge < -0.3 is 27.9 Å². The fraction of sp³-hybridized carbons (Fsp3) is 0.812. The van der Waals surface area contributed by atoms with Crippen LogP contribution in [0, 0.1) is 0 Å². The summed E-state index contributed by atoms with van der Waals surface area (Å²) < 4.78 is 33.0. The van der Waals surface area contributed by atoms with Crippen molar-refractivity contribution in [3.8, 4) is 0 Å². The predicted octanol–water partition coefficient (Wildman–Crippen LogP) is 5.63. The molecule has 0 aromatic rings. The molecule has 0 spiro atoms. The van der Waals surface area contributed by atoms with Gasteiger partial charge in [-0.25, -0.2) is 0 Å². The number of aldehydes is 1. The number of nitrogens with zero attached hydrogens (tertiary/aromatic N) is 1. The monoisotopic (exact) mass is 647 g/mol. The van der Waals surface area contributed by atoms with Crippen LogP contribution in [0.4, 0.5) is 0 Å². The SMILES string of the molecule is CCCCCCCCCCCCCCCC(=O)OC[C@H](COP(=O)([O-])OCC[N+](C)(C)C)OC(=O)CCCC(=O)/C=C/C=O. The van der Waals surface area contributed by atoms with Gasteiger partial charge in [-0.15, -0.1) is 0 Å². The average molecular weight is 648 g/mol. The van der Waals surface area contributed by atoms with Crippen LogP contribution in [0.1, 0.15) is 116 Å². The number of likely N-dealkylation sites (N-methyl/N-ethyl adjacent to an activating group) is 1. The first-order valence-corrected chi connectivity index (χ1v) is 17.7. The van der Waals surface area contributed by atoms with E-state index in [0.29, 0.717) is 23.7 Å². The van der Waals surface area contributed by atoms with Crippen molar-refractivity contribution in [2.75, 3.05) is 47.5 Å². The first-order valence-electron chi connectivity index (χ1n) is 16.3. The molecule has 0 aromatic heterocycles. The number of quaternary nitrogens is 1. The van der Waals surface area contributed by atoms with E-state index < -0.39 is 32.5 Å². The summed E-state index contributed by atoms with van der Waals surface area (Å²) in [7, 11) is 0.964. The Morgan fingerprint density at radius 3 is 1.84 bits per heavy atom. The second kappa shape index (κ2) is 26.3. The number of hydrogen-bond donors (Lipinski definition) is 0. The van der Waals surface area contributed by atoms with E-state index in [9.17, 15) is 28.6 Å². The van der Waals surface area contributed by atoms with Gasteiger partial charge in [0.25, 0.3) is 7.82 Å². The Labute approximate surface area is 265 Å². The van der Waals surface area contributed by atoms with Crippen LogP contribution < -0.4 is 4.89 Å². The van der Waals surface area contributed by atoms with Crippen LogP contribution in [0.5, 0.6) is 0 Å². The van der Waals surface area contributed by atoms with Gasteiger partial charge in [-0.3, -0.25) is 23.7 Å². The Balaban J connectivity index is 4.49. The Morgan fingerprint density at radius 2 is 1.30 bits per heavy atom. The zero-order valence-corrected chi connectivity index (χ0v) is 28.5. The summed E-state index contributed by atoms with van der Waals surface area (Å²) in [5, 5.41) is 0. The third kappa shape index (κ3) is 28.8. The summed E-state index contributed by atoms with van der Waals surface area (Å²) in [5.74, 6) is -1.48. The number of carbonyl (C=O) groups excluding carboxylic acids is 4. The molecule has 44 heavy (non-hydrogen) atoms. The highest BCUT2D eigenvalue weighted by molar-refractivity contribution is 7.45. The van der Waals surface area contributed by atoms with Gasteiger partial charge in [-0.2, -0.15) is 0 Å². The fourth-order valence-corrected chi connectivity index (χ4v) is 4.91. The van der Waals surface area contributed by atoms with Crippen molar-refractivity contribution in [3.63, 3.8) is 0 Å². The van der Waals surface area contributed by atoms with Gasteiger partial charge in [0.15, 0.2) is 11.9 Å². The van der Waals surface area contributed by atoms with Gasteiger partial charge in [0, 0.05) is 19.3 Å². The predicted molar refractivity (Wildman–Crippen MR) is 168 cm³/mol. The maximum Gasteiger partial charge on any atom is 0.306 e. The largest absolute Gasteiger partial charge is 0.756 e. The Kier molecular flexibility index (Phi) is 25.2. The van der Waals surface area contributed by atoms with E-state index >= 15 is 0 Å². The van der Waals surface area contributed by atoms with E-state index in [-0.39, 0.29) is 44.7 Å². The van der Waals surface area contributed by atoms with E-state index in [4.69, 9.17) is 18.5 Å². The molecular formula is C32H58NO10P. The normalized spacial score (nSPS) is 13.8. The van der Waals surface area contributed by atoms with Gasteiger partial charge in [0.2, 0.25) is 0 Å². The van der Waals surface area contributed by atoms with Crippen LogP contribution in [-0.2, 0) is 42.3 Å². The van der Waals surface area contributed by atoms with Gasteiger partial charge in [0.1, 0.15) is 26.0 Å². The number of phosphoric acid groups is 1. The third-order valence-electron chi connectivity index (χ3n) is 6.81. The molecule has 0 amide bonds. The highest BCUT2D eigenvalue weighted by Crippen LogP contribution is 2.38.